The van der Waals surface area contributed by atoms with Gasteiger partial charge in [0.05, 0.1) is 12.0 Å². The number of halogens is 3. The molecule has 182 valence electrons. The van der Waals surface area contributed by atoms with E-state index >= 15 is 0 Å². The van der Waals surface area contributed by atoms with E-state index in [9.17, 15) is 28.0 Å². The van der Waals surface area contributed by atoms with Gasteiger partial charge in [-0.15, -0.1) is 0 Å². The Kier molecular flexibility index (Phi) is 10.0. The molecule has 0 atom stereocenters. The highest BCUT2D eigenvalue weighted by molar-refractivity contribution is 7.11. The molecule has 0 bridgehead atoms. The largest absolute Gasteiger partial charge is 0.471 e. The number of quaternary nitrogens is 1. The van der Waals surface area contributed by atoms with Crippen molar-refractivity contribution in [3.05, 3.63) is 40.7 Å². The minimum absolute atomic E-state index is 0.0394. The molecule has 1 aromatic heterocycles. The predicted octanol–water partition coefficient (Wildman–Crippen LogP) is 2.40. The molecule has 0 unspecified atom stereocenters. The molecule has 5 N–H and O–H groups in total. The molecule has 1 aromatic carbocycles. The first-order valence-electron chi connectivity index (χ1n) is 10.2. The number of amides is 2. The van der Waals surface area contributed by atoms with Crippen molar-refractivity contribution >= 4 is 28.9 Å². The Morgan fingerprint density at radius 2 is 1.97 bits per heavy atom. The number of nitrogens with zero attached hydrogens (tertiary/aromatic N) is 2. The number of nitrogens with one attached hydrogen (secondary N) is 2. The van der Waals surface area contributed by atoms with Gasteiger partial charge >= 0.3 is 0 Å². The number of likely N-dealkylation sites (tertiary alicyclic amines) is 1. The van der Waals surface area contributed by atoms with Gasteiger partial charge in [-0.05, 0) is 31.5 Å². The van der Waals surface area contributed by atoms with Crippen molar-refractivity contribution < 1.29 is 37.4 Å². The Balaban J connectivity index is 0.000000294. The third-order valence-corrected chi connectivity index (χ3v) is 5.72. The first-order valence-corrected chi connectivity index (χ1v) is 11.0. The molecule has 1 fully saturated rings. The van der Waals surface area contributed by atoms with E-state index in [0.29, 0.717) is 34.7 Å². The number of hydrogen-bond donors (Lipinski definition) is 4. The van der Waals surface area contributed by atoms with E-state index in [4.69, 9.17) is 10.5 Å². The van der Waals surface area contributed by atoms with Crippen LogP contribution in [0.25, 0.3) is 0 Å². The fourth-order valence-electron chi connectivity index (χ4n) is 3.05. The van der Waals surface area contributed by atoms with E-state index in [-0.39, 0.29) is 16.4 Å². The van der Waals surface area contributed by atoms with Crippen molar-refractivity contribution in [3.63, 3.8) is 0 Å². The number of carbonyl (C=O) groups excluding carboxylic acids is 2. The topological polar surface area (TPSA) is 127 Å². The van der Waals surface area contributed by atoms with E-state index in [1.54, 1.807) is 0 Å². The number of hydroxylamine groups is 3. The lowest BCUT2D eigenvalue weighted by Gasteiger charge is -2.37. The normalized spacial score (nSPS) is 14.0. The molecule has 13 heteroatoms. The molecular formula is C20H27F3N5O4S+. The number of ether oxygens (including phenoxy) is 1. The molecular weight excluding hydrogens is 463 g/mol. The lowest BCUT2D eigenvalue weighted by atomic mass is 10.2. The summed E-state index contributed by atoms with van der Waals surface area (Å²) in [6.45, 7) is 3.32. The average molecular weight is 491 g/mol. The first kappa shape index (κ1) is 26.5. The highest BCUT2D eigenvalue weighted by Crippen LogP contribution is 2.30. The van der Waals surface area contributed by atoms with Crippen molar-refractivity contribution in [3.8, 4) is 5.88 Å². The summed E-state index contributed by atoms with van der Waals surface area (Å²) >= 11 is 0.709. The zero-order valence-electron chi connectivity index (χ0n) is 18.1. The van der Waals surface area contributed by atoms with Crippen LogP contribution in [0.3, 0.4) is 0 Å². The highest BCUT2D eigenvalue weighted by atomic mass is 32.1. The minimum atomic E-state index is -1.14. The summed E-state index contributed by atoms with van der Waals surface area (Å²) in [4.78, 5) is 21.7. The van der Waals surface area contributed by atoms with Crippen LogP contribution in [-0.4, -0.2) is 59.8 Å². The van der Waals surface area contributed by atoms with E-state index in [1.165, 1.54) is 12.8 Å². The van der Waals surface area contributed by atoms with Crippen LogP contribution in [0.4, 0.5) is 18.2 Å². The summed E-state index contributed by atoms with van der Waals surface area (Å²) in [5, 5.41) is 15.0. The van der Waals surface area contributed by atoms with Crippen molar-refractivity contribution in [2.24, 2.45) is 5.73 Å². The minimum Gasteiger partial charge on any atom is -0.471 e. The molecule has 0 saturated carbocycles. The second-order valence-corrected chi connectivity index (χ2v) is 8.16. The maximum atomic E-state index is 13.5. The van der Waals surface area contributed by atoms with Gasteiger partial charge in [-0.3, -0.25) is 9.59 Å². The van der Waals surface area contributed by atoms with Crippen LogP contribution in [-0.2, 0) is 11.4 Å². The molecule has 2 amide bonds. The third kappa shape index (κ3) is 7.67. The maximum Gasteiger partial charge on any atom is 0.257 e. The Morgan fingerprint density at radius 3 is 2.48 bits per heavy atom. The molecule has 2 aromatic rings. The lowest BCUT2D eigenvalue weighted by molar-refractivity contribution is -1.13. The summed E-state index contributed by atoms with van der Waals surface area (Å²) in [6, 6.07) is 0.994. The molecule has 3 rings (SSSR count). The van der Waals surface area contributed by atoms with Gasteiger partial charge in [0, 0.05) is 18.6 Å². The summed E-state index contributed by atoms with van der Waals surface area (Å²) < 4.78 is 48.9. The van der Waals surface area contributed by atoms with Crippen LogP contribution in [0.15, 0.2) is 12.1 Å². The van der Waals surface area contributed by atoms with E-state index < -0.39 is 35.5 Å². The Hall–Kier alpha value is -2.74. The second kappa shape index (κ2) is 12.5. The Morgan fingerprint density at radius 1 is 1.30 bits per heavy atom. The zero-order chi connectivity index (χ0) is 24.4. The Labute approximate surface area is 193 Å². The van der Waals surface area contributed by atoms with E-state index in [2.05, 4.69) is 15.0 Å². The molecule has 0 radical (unpaired) electrons. The lowest BCUT2D eigenvalue weighted by Crippen LogP contribution is -2.55. The van der Waals surface area contributed by atoms with Gasteiger partial charge in [-0.2, -0.15) is 9.02 Å². The van der Waals surface area contributed by atoms with Gasteiger partial charge in [0.1, 0.15) is 54.3 Å². The summed E-state index contributed by atoms with van der Waals surface area (Å²) in [6.07, 6.45) is 3.82. The molecule has 33 heavy (non-hydrogen) atoms. The summed E-state index contributed by atoms with van der Waals surface area (Å²) in [7, 11) is 1.97. The van der Waals surface area contributed by atoms with Gasteiger partial charge in [-0.25, -0.2) is 18.4 Å². The fourth-order valence-corrected chi connectivity index (χ4v) is 3.75. The van der Waals surface area contributed by atoms with Gasteiger partial charge in [0.2, 0.25) is 12.3 Å². The number of benzene rings is 1. The van der Waals surface area contributed by atoms with E-state index in [0.717, 1.165) is 32.6 Å². The van der Waals surface area contributed by atoms with Gasteiger partial charge in [0.25, 0.3) is 5.91 Å². The second-order valence-electron chi connectivity index (χ2n) is 7.39. The number of nitrogens with two attached hydrogens (primary N) is 1. The van der Waals surface area contributed by atoms with Crippen molar-refractivity contribution in [2.75, 3.05) is 38.5 Å². The smallest absolute Gasteiger partial charge is 0.257 e. The number of rotatable bonds is 11. The van der Waals surface area contributed by atoms with Gasteiger partial charge in [0.15, 0.2) is 0 Å². The SMILES string of the molecule is CNCCCC[N+]1(O)CCC1.NC(=O)c1c(OCc2c(F)cc(F)cc2F)nsc1NC=O. The van der Waals surface area contributed by atoms with Crippen molar-refractivity contribution in [1.82, 2.24) is 9.69 Å². The van der Waals surface area contributed by atoms with Gasteiger partial charge < -0.3 is 21.1 Å². The predicted molar refractivity (Wildman–Crippen MR) is 115 cm³/mol. The average Bonchev–Trinajstić information content (AvgIpc) is 3.13. The van der Waals surface area contributed by atoms with Gasteiger partial charge in [-0.1, -0.05) is 0 Å². The third-order valence-electron chi connectivity index (χ3n) is 4.96. The van der Waals surface area contributed by atoms with Crippen LogP contribution in [0.1, 0.15) is 35.2 Å². The van der Waals surface area contributed by atoms with Crippen LogP contribution in [0.2, 0.25) is 0 Å². The van der Waals surface area contributed by atoms with E-state index in [1.807, 2.05) is 7.05 Å². The number of hydrogen-bond acceptors (Lipinski definition) is 7. The molecule has 0 spiro atoms. The zero-order valence-corrected chi connectivity index (χ0v) is 18.9. The fraction of sp³-hybridized carbons (Fsp3) is 0.450. The number of carbonyl (C=O) groups is 2. The van der Waals surface area contributed by atoms with Crippen LogP contribution < -0.4 is 21.1 Å². The van der Waals surface area contributed by atoms with Crippen LogP contribution >= 0.6 is 11.5 Å². The standard InChI is InChI=1S/C12H8F3N3O3S.C8H19N2O/c13-5-1-7(14)6(8(15)2-5)3-21-11-9(10(16)20)12(17-4-19)22-18-11;1-9-5-2-3-6-10(11)7-4-8-10/h1-2,4H,3H2,(H2,16,20)(H,17,19);9,11H,2-8H2,1H3/q;+1. The molecule has 2 heterocycles. The molecule has 1 saturated heterocycles. The van der Waals surface area contributed by atoms with Crippen molar-refractivity contribution in [1.29, 1.82) is 0 Å². The molecule has 9 nitrogen and oxygen atoms in total. The quantitative estimate of drug-likeness (QED) is 0.218. The van der Waals surface area contributed by atoms with Crippen LogP contribution in [0, 0.1) is 17.5 Å². The number of primary amides is 1. The molecule has 1 aliphatic rings. The first-order chi connectivity index (χ1) is 15.7. The summed E-state index contributed by atoms with van der Waals surface area (Å²) in [5.41, 5.74) is 4.38. The maximum absolute atomic E-state index is 13.5. The monoisotopic (exact) mass is 490 g/mol. The Bertz CT molecular complexity index is 933. The molecule has 0 aliphatic carbocycles. The summed E-state index contributed by atoms with van der Waals surface area (Å²) in [5.74, 6) is -4.57. The highest BCUT2D eigenvalue weighted by Gasteiger charge is 2.33. The van der Waals surface area contributed by atoms with Crippen molar-refractivity contribution in [2.45, 2.75) is 25.9 Å². The number of aromatic nitrogens is 1. The number of unbranched alkanes of at least 4 members (excludes halogenated alkanes) is 1. The number of anilines is 1. The molecule has 1 aliphatic heterocycles. The van der Waals surface area contributed by atoms with Crippen LogP contribution in [0.5, 0.6) is 5.88 Å².